The lowest BCUT2D eigenvalue weighted by Crippen LogP contribution is -2.36. The van der Waals surface area contributed by atoms with Gasteiger partial charge in [-0.05, 0) is 48.7 Å². The molecule has 2 rings (SSSR count). The Morgan fingerprint density at radius 2 is 1.84 bits per heavy atom. The summed E-state index contributed by atoms with van der Waals surface area (Å²) < 4.78 is 26.8. The maximum Gasteiger partial charge on any atom is 0.126 e. The van der Waals surface area contributed by atoms with Crippen molar-refractivity contribution in [3.05, 3.63) is 70.2 Å². The lowest BCUT2D eigenvalue weighted by molar-refractivity contribution is 0.472. The van der Waals surface area contributed by atoms with Crippen molar-refractivity contribution in [2.45, 2.75) is 18.9 Å². The zero-order chi connectivity index (χ0) is 14.0. The van der Waals surface area contributed by atoms with E-state index in [2.05, 4.69) is 0 Å². The van der Waals surface area contributed by atoms with Gasteiger partial charge in [0.25, 0.3) is 0 Å². The summed E-state index contributed by atoms with van der Waals surface area (Å²) in [5.74, 6) is -0.948. The fourth-order valence-electron chi connectivity index (χ4n) is 2.09. The van der Waals surface area contributed by atoms with E-state index in [1.807, 2.05) is 6.07 Å². The Hall–Kier alpha value is -1.45. The second-order valence-electron chi connectivity index (χ2n) is 4.81. The van der Waals surface area contributed by atoms with E-state index in [4.69, 9.17) is 17.3 Å². The Labute approximate surface area is 116 Å². The molecule has 0 saturated heterocycles. The van der Waals surface area contributed by atoms with Gasteiger partial charge in [0.1, 0.15) is 11.6 Å². The van der Waals surface area contributed by atoms with Crippen molar-refractivity contribution < 1.29 is 8.78 Å². The topological polar surface area (TPSA) is 26.0 Å². The number of hydrogen-bond acceptors (Lipinski definition) is 1. The summed E-state index contributed by atoms with van der Waals surface area (Å²) in [6, 6.07) is 10.5. The van der Waals surface area contributed by atoms with Gasteiger partial charge in [0.2, 0.25) is 0 Å². The molecule has 0 bridgehead atoms. The Morgan fingerprint density at radius 1 is 1.16 bits per heavy atom. The predicted molar refractivity (Wildman–Crippen MR) is 73.1 cm³/mol. The number of hydrogen-bond donors (Lipinski definition) is 1. The van der Waals surface area contributed by atoms with E-state index in [9.17, 15) is 8.78 Å². The van der Waals surface area contributed by atoms with Gasteiger partial charge in [-0.2, -0.15) is 0 Å². The van der Waals surface area contributed by atoms with Crippen LogP contribution in [0.25, 0.3) is 0 Å². The average molecular weight is 282 g/mol. The average Bonchev–Trinajstić information content (AvgIpc) is 2.34. The Kier molecular flexibility index (Phi) is 3.88. The molecule has 19 heavy (non-hydrogen) atoms. The highest BCUT2D eigenvalue weighted by Gasteiger charge is 2.25. The molecule has 4 heteroatoms. The van der Waals surface area contributed by atoms with Crippen molar-refractivity contribution in [3.63, 3.8) is 0 Å². The molecule has 1 unspecified atom stereocenters. The van der Waals surface area contributed by atoms with Crippen molar-refractivity contribution in [2.75, 3.05) is 0 Å². The van der Waals surface area contributed by atoms with Crippen LogP contribution in [0.2, 0.25) is 5.02 Å². The largest absolute Gasteiger partial charge is 0.321 e. The van der Waals surface area contributed by atoms with Gasteiger partial charge in [-0.25, -0.2) is 8.78 Å². The first-order valence-corrected chi connectivity index (χ1v) is 6.26. The summed E-state index contributed by atoms with van der Waals surface area (Å²) in [6.07, 6.45) is 0.167. The molecule has 1 nitrogen and oxygen atoms in total. The second kappa shape index (κ2) is 5.27. The third-order valence-corrected chi connectivity index (χ3v) is 3.38. The van der Waals surface area contributed by atoms with Crippen LogP contribution >= 0.6 is 11.6 Å². The van der Waals surface area contributed by atoms with Gasteiger partial charge >= 0.3 is 0 Å². The normalized spacial score (nSPS) is 14.2. The van der Waals surface area contributed by atoms with E-state index in [0.717, 1.165) is 18.2 Å². The van der Waals surface area contributed by atoms with Gasteiger partial charge in [-0.1, -0.05) is 29.8 Å². The summed E-state index contributed by atoms with van der Waals surface area (Å²) >= 11 is 6.10. The van der Waals surface area contributed by atoms with E-state index < -0.39 is 17.2 Å². The summed E-state index contributed by atoms with van der Waals surface area (Å²) in [4.78, 5) is 0. The molecule has 0 fully saturated rings. The summed E-state index contributed by atoms with van der Waals surface area (Å²) in [5.41, 5.74) is 6.30. The van der Waals surface area contributed by atoms with Crippen LogP contribution in [-0.4, -0.2) is 0 Å². The minimum absolute atomic E-state index is 0.167. The monoisotopic (exact) mass is 281 g/mol. The minimum atomic E-state index is -0.868. The maximum absolute atomic E-state index is 13.7. The quantitative estimate of drug-likeness (QED) is 0.903. The van der Waals surface area contributed by atoms with Crippen LogP contribution in [0.1, 0.15) is 18.1 Å². The highest BCUT2D eigenvalue weighted by molar-refractivity contribution is 6.31. The lowest BCUT2D eigenvalue weighted by Gasteiger charge is -2.26. The molecule has 0 aliphatic heterocycles. The van der Waals surface area contributed by atoms with Crippen molar-refractivity contribution in [3.8, 4) is 0 Å². The standard InChI is InChI=1S/C15H14ClF2N/c1-15(19,12-4-2-3-5-13(12)16)9-10-8-11(17)6-7-14(10)18/h2-8H,9,19H2,1H3. The molecule has 2 aromatic rings. The molecule has 0 spiro atoms. The van der Waals surface area contributed by atoms with Gasteiger partial charge in [-0.3, -0.25) is 0 Å². The molecule has 0 saturated carbocycles. The molecule has 0 aliphatic carbocycles. The molecule has 2 aromatic carbocycles. The molecule has 0 amide bonds. The number of rotatable bonds is 3. The molecule has 2 N–H and O–H groups in total. The second-order valence-corrected chi connectivity index (χ2v) is 5.22. The van der Waals surface area contributed by atoms with E-state index in [1.165, 1.54) is 0 Å². The highest BCUT2D eigenvalue weighted by Crippen LogP contribution is 2.29. The molecule has 0 radical (unpaired) electrons. The van der Waals surface area contributed by atoms with Gasteiger partial charge in [0.15, 0.2) is 0 Å². The van der Waals surface area contributed by atoms with E-state index in [0.29, 0.717) is 10.6 Å². The van der Waals surface area contributed by atoms with Gasteiger partial charge in [0.05, 0.1) is 0 Å². The molecule has 0 aliphatic rings. The fourth-order valence-corrected chi connectivity index (χ4v) is 2.45. The molecule has 1 atom stereocenters. The Morgan fingerprint density at radius 3 is 2.53 bits per heavy atom. The molecular formula is C15H14ClF2N. The van der Waals surface area contributed by atoms with Crippen LogP contribution in [0.5, 0.6) is 0 Å². The molecule has 100 valence electrons. The van der Waals surface area contributed by atoms with Crippen LogP contribution in [0.4, 0.5) is 8.78 Å². The summed E-state index contributed by atoms with van der Waals surface area (Å²) in [7, 11) is 0. The van der Waals surface area contributed by atoms with Crippen molar-refractivity contribution in [1.82, 2.24) is 0 Å². The molecule has 0 aromatic heterocycles. The van der Waals surface area contributed by atoms with Crippen LogP contribution in [0.3, 0.4) is 0 Å². The first kappa shape index (κ1) is 14.0. The fraction of sp³-hybridized carbons (Fsp3) is 0.200. The summed E-state index contributed by atoms with van der Waals surface area (Å²) in [5, 5.41) is 0.518. The van der Waals surface area contributed by atoms with E-state index >= 15 is 0 Å². The van der Waals surface area contributed by atoms with Crippen molar-refractivity contribution in [1.29, 1.82) is 0 Å². The third kappa shape index (κ3) is 3.11. The zero-order valence-corrected chi connectivity index (χ0v) is 11.2. The smallest absolute Gasteiger partial charge is 0.126 e. The third-order valence-electron chi connectivity index (χ3n) is 3.05. The van der Waals surface area contributed by atoms with Gasteiger partial charge < -0.3 is 5.73 Å². The highest BCUT2D eigenvalue weighted by atomic mass is 35.5. The first-order valence-electron chi connectivity index (χ1n) is 5.88. The molecular weight excluding hydrogens is 268 g/mol. The van der Waals surface area contributed by atoms with Gasteiger partial charge in [0, 0.05) is 10.6 Å². The Bertz CT molecular complexity index is 596. The number of nitrogens with two attached hydrogens (primary N) is 1. The van der Waals surface area contributed by atoms with Crippen LogP contribution in [0.15, 0.2) is 42.5 Å². The van der Waals surface area contributed by atoms with Crippen molar-refractivity contribution in [2.24, 2.45) is 5.73 Å². The van der Waals surface area contributed by atoms with Crippen LogP contribution in [-0.2, 0) is 12.0 Å². The Balaban J connectivity index is 2.36. The van der Waals surface area contributed by atoms with Crippen LogP contribution < -0.4 is 5.73 Å². The van der Waals surface area contributed by atoms with Gasteiger partial charge in [-0.15, -0.1) is 0 Å². The van der Waals surface area contributed by atoms with E-state index in [-0.39, 0.29) is 12.0 Å². The lowest BCUT2D eigenvalue weighted by atomic mass is 9.86. The number of benzene rings is 2. The van der Waals surface area contributed by atoms with E-state index in [1.54, 1.807) is 25.1 Å². The van der Waals surface area contributed by atoms with Crippen molar-refractivity contribution >= 4 is 11.6 Å². The molecule has 0 heterocycles. The minimum Gasteiger partial charge on any atom is -0.321 e. The predicted octanol–water partition coefficient (Wildman–Crippen LogP) is 4.03. The first-order chi connectivity index (χ1) is 8.90. The maximum atomic E-state index is 13.7. The van der Waals surface area contributed by atoms with Crippen LogP contribution in [0, 0.1) is 11.6 Å². The zero-order valence-electron chi connectivity index (χ0n) is 10.5. The summed E-state index contributed by atoms with van der Waals surface area (Å²) in [6.45, 7) is 1.75. The SMILES string of the molecule is CC(N)(Cc1cc(F)ccc1F)c1ccccc1Cl. The number of halogens is 3.